The number of ether oxygens (including phenoxy) is 2. The van der Waals surface area contributed by atoms with E-state index in [1.165, 1.54) is 0 Å². The highest BCUT2D eigenvalue weighted by atomic mass is 16.7. The summed E-state index contributed by atoms with van der Waals surface area (Å²) < 4.78 is 10.5. The van der Waals surface area contributed by atoms with Gasteiger partial charge in [0.05, 0.1) is 11.9 Å². The molecule has 1 aliphatic heterocycles. The Bertz CT molecular complexity index is 716. The van der Waals surface area contributed by atoms with Gasteiger partial charge in [0, 0.05) is 19.2 Å². The number of hydrogen-bond acceptors (Lipinski definition) is 5. The molecule has 0 fully saturated rings. The summed E-state index contributed by atoms with van der Waals surface area (Å²) in [6, 6.07) is 8.87. The van der Waals surface area contributed by atoms with Gasteiger partial charge in [-0.25, -0.2) is 4.98 Å². The highest BCUT2D eigenvalue weighted by Gasteiger charge is 2.16. The quantitative estimate of drug-likeness (QED) is 0.882. The number of hydrogen-bond donors (Lipinski definition) is 1. The largest absolute Gasteiger partial charge is 0.454 e. The van der Waals surface area contributed by atoms with E-state index in [2.05, 4.69) is 22.1 Å². The summed E-state index contributed by atoms with van der Waals surface area (Å²) in [5.41, 5.74) is 1.54. The van der Waals surface area contributed by atoms with Crippen molar-refractivity contribution in [3.8, 4) is 11.5 Å². The van der Waals surface area contributed by atoms with Gasteiger partial charge in [0.1, 0.15) is 5.82 Å². The van der Waals surface area contributed by atoms with Crippen LogP contribution in [0.2, 0.25) is 0 Å². The molecule has 0 atom stereocenters. The van der Waals surface area contributed by atoms with E-state index in [0.29, 0.717) is 22.9 Å². The molecule has 2 heterocycles. The number of fused-ring (bicyclic) bond motifs is 1. The Hall–Kier alpha value is -2.76. The average Bonchev–Trinajstić information content (AvgIpc) is 3.08. The molecule has 0 spiro atoms. The molecule has 6 nitrogen and oxygen atoms in total. The number of nitrogens with zero attached hydrogens (tertiary/aromatic N) is 2. The Labute approximate surface area is 141 Å². The monoisotopic (exact) mass is 327 g/mol. The molecular weight excluding hydrogens is 306 g/mol. The third-order valence-electron chi connectivity index (χ3n) is 3.91. The topological polar surface area (TPSA) is 63.7 Å². The molecule has 126 valence electrons. The van der Waals surface area contributed by atoms with Crippen LogP contribution in [0.4, 0.5) is 11.5 Å². The molecule has 1 amide bonds. The van der Waals surface area contributed by atoms with Crippen LogP contribution in [0.5, 0.6) is 11.5 Å². The first-order valence-electron chi connectivity index (χ1n) is 8.05. The van der Waals surface area contributed by atoms with Gasteiger partial charge in [-0.3, -0.25) is 4.79 Å². The first-order valence-corrected chi connectivity index (χ1v) is 8.05. The Balaban J connectivity index is 1.64. The van der Waals surface area contributed by atoms with Crippen molar-refractivity contribution in [2.24, 2.45) is 0 Å². The van der Waals surface area contributed by atoms with E-state index in [1.54, 1.807) is 24.4 Å². The first-order chi connectivity index (χ1) is 11.7. The number of carbonyl (C=O) groups excluding carboxylic acids is 1. The minimum atomic E-state index is -0.229. The van der Waals surface area contributed by atoms with Crippen molar-refractivity contribution in [1.29, 1.82) is 0 Å². The lowest BCUT2D eigenvalue weighted by molar-refractivity contribution is 0.102. The van der Waals surface area contributed by atoms with E-state index < -0.39 is 0 Å². The number of anilines is 2. The van der Waals surface area contributed by atoms with Crippen LogP contribution in [0.3, 0.4) is 0 Å². The van der Waals surface area contributed by atoms with Crippen molar-refractivity contribution in [2.45, 2.75) is 19.8 Å². The van der Waals surface area contributed by atoms with E-state index in [-0.39, 0.29) is 12.7 Å². The highest BCUT2D eigenvalue weighted by Crippen LogP contribution is 2.32. The predicted molar refractivity (Wildman–Crippen MR) is 92.9 cm³/mol. The number of pyridine rings is 1. The molecule has 1 N–H and O–H groups in total. The van der Waals surface area contributed by atoms with Gasteiger partial charge in [-0.1, -0.05) is 13.3 Å². The molecular formula is C18H21N3O3. The van der Waals surface area contributed by atoms with Gasteiger partial charge < -0.3 is 19.7 Å². The number of nitrogens with one attached hydrogen (secondary N) is 1. The van der Waals surface area contributed by atoms with E-state index in [4.69, 9.17) is 9.47 Å². The third-order valence-corrected chi connectivity index (χ3v) is 3.91. The zero-order chi connectivity index (χ0) is 16.9. The molecule has 1 aromatic heterocycles. The van der Waals surface area contributed by atoms with Crippen LogP contribution in [0.1, 0.15) is 30.1 Å². The van der Waals surface area contributed by atoms with Gasteiger partial charge in [-0.15, -0.1) is 0 Å². The smallest absolute Gasteiger partial charge is 0.256 e. The second-order valence-corrected chi connectivity index (χ2v) is 5.70. The summed E-state index contributed by atoms with van der Waals surface area (Å²) in [6.45, 7) is 3.34. The molecule has 6 heteroatoms. The van der Waals surface area contributed by atoms with Crippen LogP contribution in [0, 0.1) is 0 Å². The minimum Gasteiger partial charge on any atom is -0.454 e. The normalized spacial score (nSPS) is 12.1. The maximum absolute atomic E-state index is 12.3. The van der Waals surface area contributed by atoms with Crippen LogP contribution >= 0.6 is 0 Å². The van der Waals surface area contributed by atoms with E-state index >= 15 is 0 Å². The Morgan fingerprint density at radius 2 is 2.08 bits per heavy atom. The number of unbranched alkanes of at least 4 members (excludes halogenated alkanes) is 1. The lowest BCUT2D eigenvalue weighted by Gasteiger charge is -2.18. The Morgan fingerprint density at radius 3 is 2.83 bits per heavy atom. The van der Waals surface area contributed by atoms with Crippen molar-refractivity contribution in [3.05, 3.63) is 42.1 Å². The first kappa shape index (κ1) is 16.1. The number of benzene rings is 1. The number of aromatic nitrogens is 1. The van der Waals surface area contributed by atoms with Crippen molar-refractivity contribution in [3.63, 3.8) is 0 Å². The second-order valence-electron chi connectivity index (χ2n) is 5.70. The summed E-state index contributed by atoms with van der Waals surface area (Å²) >= 11 is 0. The summed E-state index contributed by atoms with van der Waals surface area (Å²) in [4.78, 5) is 18.8. The number of rotatable bonds is 6. The van der Waals surface area contributed by atoms with E-state index in [0.717, 1.165) is 25.1 Å². The van der Waals surface area contributed by atoms with Gasteiger partial charge in [-0.05, 0) is 36.8 Å². The van der Waals surface area contributed by atoms with Gasteiger partial charge in [0.2, 0.25) is 6.79 Å². The molecule has 3 rings (SSSR count). The van der Waals surface area contributed by atoms with Crippen LogP contribution in [0.25, 0.3) is 0 Å². The number of amides is 1. The van der Waals surface area contributed by atoms with Crippen molar-refractivity contribution < 1.29 is 14.3 Å². The van der Waals surface area contributed by atoms with Crippen LogP contribution < -0.4 is 19.7 Å². The van der Waals surface area contributed by atoms with Crippen molar-refractivity contribution >= 4 is 17.4 Å². The molecule has 0 aliphatic carbocycles. The molecule has 0 radical (unpaired) electrons. The molecule has 1 aliphatic rings. The van der Waals surface area contributed by atoms with Gasteiger partial charge in [0.25, 0.3) is 5.91 Å². The zero-order valence-electron chi connectivity index (χ0n) is 13.9. The van der Waals surface area contributed by atoms with Gasteiger partial charge in [-0.2, -0.15) is 0 Å². The maximum atomic E-state index is 12.3. The Kier molecular flexibility index (Phi) is 4.84. The summed E-state index contributed by atoms with van der Waals surface area (Å²) in [5.74, 6) is 1.53. The predicted octanol–water partition coefficient (Wildman–Crippen LogP) is 3.30. The third kappa shape index (κ3) is 3.59. The standard InChI is InChI=1S/C18H21N3O3/c1-3-4-9-21(2)14-6-8-17(19-11-14)20-18(22)13-5-7-15-16(10-13)24-12-23-15/h5-8,10-11H,3-4,9,12H2,1-2H3,(H,19,20,22). The fourth-order valence-corrected chi connectivity index (χ4v) is 2.44. The van der Waals surface area contributed by atoms with E-state index in [9.17, 15) is 4.79 Å². The molecule has 0 saturated carbocycles. The van der Waals surface area contributed by atoms with Crippen LogP contribution in [-0.4, -0.2) is 31.3 Å². The van der Waals surface area contributed by atoms with Gasteiger partial charge >= 0.3 is 0 Å². The maximum Gasteiger partial charge on any atom is 0.256 e. The van der Waals surface area contributed by atoms with E-state index in [1.807, 2.05) is 19.2 Å². The zero-order valence-corrected chi connectivity index (χ0v) is 13.9. The second kappa shape index (κ2) is 7.21. The molecule has 1 aromatic carbocycles. The lowest BCUT2D eigenvalue weighted by Crippen LogP contribution is -2.19. The molecule has 2 aromatic rings. The molecule has 0 unspecified atom stereocenters. The number of carbonyl (C=O) groups is 1. The summed E-state index contributed by atoms with van der Waals surface area (Å²) in [5, 5.41) is 2.79. The molecule has 0 saturated heterocycles. The molecule has 0 bridgehead atoms. The lowest BCUT2D eigenvalue weighted by atomic mass is 10.2. The fraction of sp³-hybridized carbons (Fsp3) is 0.333. The van der Waals surface area contributed by atoms with Gasteiger partial charge in [0.15, 0.2) is 11.5 Å². The molecule has 24 heavy (non-hydrogen) atoms. The highest BCUT2D eigenvalue weighted by molar-refractivity contribution is 6.04. The van der Waals surface area contributed by atoms with Crippen molar-refractivity contribution in [1.82, 2.24) is 4.98 Å². The summed E-state index contributed by atoms with van der Waals surface area (Å²) in [6.07, 6.45) is 4.06. The fourth-order valence-electron chi connectivity index (χ4n) is 2.44. The van der Waals surface area contributed by atoms with Crippen LogP contribution in [-0.2, 0) is 0 Å². The van der Waals surface area contributed by atoms with Crippen molar-refractivity contribution in [2.75, 3.05) is 30.6 Å². The van der Waals surface area contributed by atoms with Crippen LogP contribution in [0.15, 0.2) is 36.5 Å². The average molecular weight is 327 g/mol. The SMILES string of the molecule is CCCCN(C)c1ccc(NC(=O)c2ccc3c(c2)OCO3)nc1. The Morgan fingerprint density at radius 1 is 1.25 bits per heavy atom. The minimum absolute atomic E-state index is 0.189. The summed E-state index contributed by atoms with van der Waals surface area (Å²) in [7, 11) is 2.04.